The van der Waals surface area contributed by atoms with E-state index in [1.54, 1.807) is 12.1 Å². The van der Waals surface area contributed by atoms with Gasteiger partial charge in [-0.25, -0.2) is 0 Å². The van der Waals surface area contributed by atoms with E-state index in [0.717, 1.165) is 12.8 Å². The van der Waals surface area contributed by atoms with Crippen molar-refractivity contribution in [1.82, 2.24) is 5.32 Å². The highest BCUT2D eigenvalue weighted by Gasteiger charge is 2.08. The summed E-state index contributed by atoms with van der Waals surface area (Å²) in [6.07, 6.45) is 2.02. The molecule has 1 aromatic rings. The van der Waals surface area contributed by atoms with Gasteiger partial charge in [0.05, 0.1) is 5.02 Å². The van der Waals surface area contributed by atoms with Crippen LogP contribution in [0.3, 0.4) is 0 Å². The maximum absolute atomic E-state index is 11.5. The predicted molar refractivity (Wildman–Crippen MR) is 69.5 cm³/mol. The van der Waals surface area contributed by atoms with Crippen LogP contribution in [0.4, 0.5) is 0 Å². The molecule has 1 aromatic carbocycles. The van der Waals surface area contributed by atoms with Crippen LogP contribution in [0.2, 0.25) is 5.02 Å². The first kappa shape index (κ1) is 13.8. The second kappa shape index (κ2) is 7.17. The van der Waals surface area contributed by atoms with Gasteiger partial charge in [-0.2, -0.15) is 0 Å². The van der Waals surface area contributed by atoms with Crippen molar-refractivity contribution < 1.29 is 9.53 Å². The fourth-order valence-corrected chi connectivity index (χ4v) is 1.72. The molecule has 0 saturated heterocycles. The minimum absolute atomic E-state index is 0.00219. The molecule has 1 atom stereocenters. The highest BCUT2D eigenvalue weighted by Crippen LogP contribution is 2.22. The van der Waals surface area contributed by atoms with Crippen molar-refractivity contribution in [1.29, 1.82) is 0 Å². The molecule has 0 aliphatic heterocycles. The van der Waals surface area contributed by atoms with E-state index < -0.39 is 0 Å². The van der Waals surface area contributed by atoms with Crippen LogP contribution in [-0.4, -0.2) is 18.6 Å². The second-order valence-corrected chi connectivity index (χ2v) is 4.38. The second-order valence-electron chi connectivity index (χ2n) is 3.98. The molecule has 0 saturated carbocycles. The lowest BCUT2D eigenvalue weighted by molar-refractivity contribution is -0.123. The molecule has 3 nitrogen and oxygen atoms in total. The average Bonchev–Trinajstić information content (AvgIpc) is 2.28. The van der Waals surface area contributed by atoms with Crippen LogP contribution in [0.15, 0.2) is 24.3 Å². The summed E-state index contributed by atoms with van der Waals surface area (Å²) in [5.41, 5.74) is 0. The molecule has 1 amide bonds. The molecule has 1 rings (SSSR count). The number of benzene rings is 1. The quantitative estimate of drug-likeness (QED) is 0.849. The van der Waals surface area contributed by atoms with Crippen LogP contribution >= 0.6 is 11.6 Å². The fourth-order valence-electron chi connectivity index (χ4n) is 1.53. The average molecular weight is 256 g/mol. The van der Waals surface area contributed by atoms with Crippen molar-refractivity contribution in [2.75, 3.05) is 6.61 Å². The van der Waals surface area contributed by atoms with E-state index in [1.165, 1.54) is 0 Å². The first-order valence-corrected chi connectivity index (χ1v) is 6.18. The molecule has 94 valence electrons. The Bertz CT molecular complexity index is 368. The Morgan fingerprint density at radius 3 is 2.82 bits per heavy atom. The molecule has 0 aliphatic carbocycles. The molecule has 0 unspecified atom stereocenters. The topological polar surface area (TPSA) is 38.3 Å². The minimum atomic E-state index is -0.120. The Morgan fingerprint density at radius 2 is 2.18 bits per heavy atom. The summed E-state index contributed by atoms with van der Waals surface area (Å²) >= 11 is 5.91. The Balaban J connectivity index is 2.36. The summed E-state index contributed by atoms with van der Waals surface area (Å²) < 4.78 is 5.33. The standard InChI is InChI=1S/C13H18ClNO2/c1-3-6-10(2)15-13(16)9-17-12-8-5-4-7-11(12)14/h4-5,7-8,10H,3,6,9H2,1-2H3,(H,15,16)/t10-/m0/s1. The van der Waals surface area contributed by atoms with Crippen molar-refractivity contribution in [3.8, 4) is 5.75 Å². The number of hydrogen-bond donors (Lipinski definition) is 1. The van der Waals surface area contributed by atoms with Gasteiger partial charge in [0.15, 0.2) is 6.61 Å². The minimum Gasteiger partial charge on any atom is -0.482 e. The number of carbonyl (C=O) groups excluding carboxylic acids is 1. The number of rotatable bonds is 6. The molecule has 0 spiro atoms. The predicted octanol–water partition coefficient (Wildman–Crippen LogP) is 3.02. The SMILES string of the molecule is CCC[C@H](C)NC(=O)COc1ccccc1Cl. The van der Waals surface area contributed by atoms with Crippen LogP contribution in [0.25, 0.3) is 0 Å². The Kier molecular flexibility index (Phi) is 5.84. The molecule has 4 heteroatoms. The summed E-state index contributed by atoms with van der Waals surface area (Å²) in [6.45, 7) is 4.07. The van der Waals surface area contributed by atoms with Gasteiger partial charge in [-0.1, -0.05) is 37.1 Å². The summed E-state index contributed by atoms with van der Waals surface area (Å²) in [5.74, 6) is 0.415. The number of carbonyl (C=O) groups is 1. The lowest BCUT2D eigenvalue weighted by atomic mass is 10.2. The molecular formula is C13H18ClNO2. The van der Waals surface area contributed by atoms with Crippen LogP contribution < -0.4 is 10.1 Å². The van der Waals surface area contributed by atoms with Crippen molar-refractivity contribution in [3.63, 3.8) is 0 Å². The van der Waals surface area contributed by atoms with E-state index in [0.29, 0.717) is 10.8 Å². The number of nitrogens with one attached hydrogen (secondary N) is 1. The van der Waals surface area contributed by atoms with Crippen molar-refractivity contribution in [2.24, 2.45) is 0 Å². The van der Waals surface area contributed by atoms with Crippen molar-refractivity contribution in [3.05, 3.63) is 29.3 Å². The molecule has 0 bridgehead atoms. The summed E-state index contributed by atoms with van der Waals surface area (Å²) in [5, 5.41) is 3.38. The first-order chi connectivity index (χ1) is 8.13. The fraction of sp³-hybridized carbons (Fsp3) is 0.462. The van der Waals surface area contributed by atoms with Gasteiger partial charge in [0.25, 0.3) is 5.91 Å². The normalized spacial score (nSPS) is 11.9. The lowest BCUT2D eigenvalue weighted by Crippen LogP contribution is -2.35. The smallest absolute Gasteiger partial charge is 0.258 e. The third-order valence-electron chi connectivity index (χ3n) is 2.32. The molecule has 0 aromatic heterocycles. The number of ether oxygens (including phenoxy) is 1. The van der Waals surface area contributed by atoms with Gasteiger partial charge in [-0.05, 0) is 25.5 Å². The first-order valence-electron chi connectivity index (χ1n) is 5.80. The van der Waals surface area contributed by atoms with Gasteiger partial charge < -0.3 is 10.1 Å². The maximum Gasteiger partial charge on any atom is 0.258 e. The monoisotopic (exact) mass is 255 g/mol. The summed E-state index contributed by atoms with van der Waals surface area (Å²) in [7, 11) is 0. The Hall–Kier alpha value is -1.22. The molecule has 0 radical (unpaired) electrons. The third-order valence-corrected chi connectivity index (χ3v) is 2.64. The molecule has 0 fully saturated rings. The molecule has 1 N–H and O–H groups in total. The van der Waals surface area contributed by atoms with Gasteiger partial charge in [0.1, 0.15) is 5.75 Å². The van der Waals surface area contributed by atoms with Gasteiger partial charge in [0.2, 0.25) is 0 Å². The summed E-state index contributed by atoms with van der Waals surface area (Å²) in [4.78, 5) is 11.5. The van der Waals surface area contributed by atoms with E-state index in [1.807, 2.05) is 19.1 Å². The largest absolute Gasteiger partial charge is 0.482 e. The molecule has 0 heterocycles. The maximum atomic E-state index is 11.5. The van der Waals surface area contributed by atoms with Crippen molar-refractivity contribution >= 4 is 17.5 Å². The van der Waals surface area contributed by atoms with E-state index in [2.05, 4.69) is 12.2 Å². The Labute approximate surface area is 107 Å². The lowest BCUT2D eigenvalue weighted by Gasteiger charge is -2.13. The van der Waals surface area contributed by atoms with Gasteiger partial charge in [-0.3, -0.25) is 4.79 Å². The van der Waals surface area contributed by atoms with Crippen LogP contribution in [-0.2, 0) is 4.79 Å². The van der Waals surface area contributed by atoms with Crippen molar-refractivity contribution in [2.45, 2.75) is 32.7 Å². The molecule has 17 heavy (non-hydrogen) atoms. The molecule has 0 aliphatic rings. The Morgan fingerprint density at radius 1 is 1.47 bits per heavy atom. The van der Waals surface area contributed by atoms with E-state index in [-0.39, 0.29) is 18.6 Å². The number of halogens is 1. The zero-order valence-corrected chi connectivity index (χ0v) is 11.0. The number of para-hydroxylation sites is 1. The molecular weight excluding hydrogens is 238 g/mol. The van der Waals surface area contributed by atoms with Crippen LogP contribution in [0, 0.1) is 0 Å². The van der Waals surface area contributed by atoms with E-state index in [4.69, 9.17) is 16.3 Å². The van der Waals surface area contributed by atoms with Crippen LogP contribution in [0.5, 0.6) is 5.75 Å². The van der Waals surface area contributed by atoms with E-state index in [9.17, 15) is 4.79 Å². The highest BCUT2D eigenvalue weighted by atomic mass is 35.5. The number of amides is 1. The van der Waals surface area contributed by atoms with E-state index >= 15 is 0 Å². The van der Waals surface area contributed by atoms with Gasteiger partial charge in [0, 0.05) is 6.04 Å². The van der Waals surface area contributed by atoms with Crippen LogP contribution in [0.1, 0.15) is 26.7 Å². The highest BCUT2D eigenvalue weighted by molar-refractivity contribution is 6.32. The zero-order valence-electron chi connectivity index (χ0n) is 10.2. The van der Waals surface area contributed by atoms with Gasteiger partial charge in [-0.15, -0.1) is 0 Å². The van der Waals surface area contributed by atoms with Gasteiger partial charge >= 0.3 is 0 Å². The zero-order chi connectivity index (χ0) is 12.7. The summed E-state index contributed by atoms with van der Waals surface area (Å²) in [6, 6.07) is 7.29. The number of hydrogen-bond acceptors (Lipinski definition) is 2. The third kappa shape index (κ3) is 5.09.